The molecule has 0 saturated carbocycles. The number of amides is 3. The van der Waals surface area contributed by atoms with Crippen LogP contribution in [0.5, 0.6) is 0 Å². The van der Waals surface area contributed by atoms with Crippen molar-refractivity contribution >= 4 is 62.5 Å². The predicted molar refractivity (Wildman–Crippen MR) is 139 cm³/mol. The molecular weight excluding hydrogens is 515 g/mol. The molecule has 0 atom stereocenters. The molecule has 0 spiro atoms. The number of rotatable bonds is 9. The maximum atomic E-state index is 13.0. The molecule has 0 unspecified atom stereocenters. The summed E-state index contributed by atoms with van der Waals surface area (Å²) in [5, 5.41) is 12.3. The molecule has 1 aromatic heterocycles. The molecule has 1 aliphatic rings. The summed E-state index contributed by atoms with van der Waals surface area (Å²) in [5.41, 5.74) is 1.36. The van der Waals surface area contributed by atoms with Gasteiger partial charge in [-0.3, -0.25) is 24.1 Å². The molecule has 0 radical (unpaired) electrons. The van der Waals surface area contributed by atoms with E-state index in [2.05, 4.69) is 15.5 Å². The second-order valence-corrected chi connectivity index (χ2v) is 10.4. The van der Waals surface area contributed by atoms with Gasteiger partial charge in [-0.15, -0.1) is 10.2 Å². The van der Waals surface area contributed by atoms with Gasteiger partial charge in [0.15, 0.2) is 10.1 Å². The van der Waals surface area contributed by atoms with Crippen molar-refractivity contribution < 1.29 is 23.6 Å². The van der Waals surface area contributed by atoms with Crippen LogP contribution in [-0.2, 0) is 4.79 Å². The van der Waals surface area contributed by atoms with Gasteiger partial charge in [-0.25, -0.2) is 4.39 Å². The van der Waals surface area contributed by atoms with Crippen molar-refractivity contribution in [3.05, 3.63) is 83.2 Å². The summed E-state index contributed by atoms with van der Waals surface area (Å²) in [7, 11) is 0. The van der Waals surface area contributed by atoms with E-state index < -0.39 is 5.82 Å². The van der Waals surface area contributed by atoms with Crippen LogP contribution in [0.1, 0.15) is 43.9 Å². The average Bonchev–Trinajstić information content (AvgIpc) is 3.35. The fraction of sp³-hybridized carbons (Fsp3) is 0.154. The first kappa shape index (κ1) is 24.7. The number of benzene rings is 3. The molecule has 4 aromatic rings. The lowest BCUT2D eigenvalue weighted by molar-refractivity contribution is -0.116. The van der Waals surface area contributed by atoms with Gasteiger partial charge in [-0.2, -0.15) is 0 Å². The van der Waals surface area contributed by atoms with Crippen LogP contribution in [0.25, 0.3) is 10.8 Å². The van der Waals surface area contributed by atoms with Crippen LogP contribution >= 0.6 is 23.1 Å². The molecule has 0 saturated heterocycles. The maximum absolute atomic E-state index is 13.0. The monoisotopic (exact) mass is 534 g/mol. The van der Waals surface area contributed by atoms with Crippen molar-refractivity contribution in [3.63, 3.8) is 0 Å². The number of Topliss-reactive ketones (excluding diaryl/α,β-unsaturated/α-hetero) is 1. The second-order valence-electron chi connectivity index (χ2n) is 8.21. The smallest absolute Gasteiger partial charge is 0.261 e. The Kier molecular flexibility index (Phi) is 7.06. The first-order valence-corrected chi connectivity index (χ1v) is 13.1. The number of thioether (sulfide) groups is 1. The molecule has 11 heteroatoms. The Hall–Kier alpha value is -3.96. The zero-order chi connectivity index (χ0) is 25.9. The van der Waals surface area contributed by atoms with Crippen molar-refractivity contribution in [2.45, 2.75) is 17.2 Å². The lowest BCUT2D eigenvalue weighted by atomic mass is 9.94. The van der Waals surface area contributed by atoms with Gasteiger partial charge in [0.1, 0.15) is 5.82 Å². The molecule has 37 heavy (non-hydrogen) atoms. The Bertz CT molecular complexity index is 1490. The van der Waals surface area contributed by atoms with Gasteiger partial charge >= 0.3 is 0 Å². The first-order valence-electron chi connectivity index (χ1n) is 11.3. The van der Waals surface area contributed by atoms with E-state index in [0.717, 1.165) is 16.7 Å². The van der Waals surface area contributed by atoms with Crippen LogP contribution in [0.3, 0.4) is 0 Å². The maximum Gasteiger partial charge on any atom is 0.261 e. The molecule has 1 N–H and O–H groups in total. The van der Waals surface area contributed by atoms with Crippen LogP contribution in [0, 0.1) is 5.82 Å². The fourth-order valence-corrected chi connectivity index (χ4v) is 5.69. The number of imide groups is 1. The van der Waals surface area contributed by atoms with Crippen molar-refractivity contribution in [3.8, 4) is 0 Å². The number of aromatic nitrogens is 2. The van der Waals surface area contributed by atoms with E-state index in [4.69, 9.17) is 0 Å². The number of hydrogen-bond donors (Lipinski definition) is 1. The van der Waals surface area contributed by atoms with Crippen molar-refractivity contribution in [1.82, 2.24) is 15.1 Å². The highest BCUT2D eigenvalue weighted by Crippen LogP contribution is 2.30. The Morgan fingerprint density at radius 1 is 0.946 bits per heavy atom. The van der Waals surface area contributed by atoms with E-state index in [1.165, 1.54) is 40.9 Å². The minimum absolute atomic E-state index is 0.0774. The predicted octanol–water partition coefficient (Wildman–Crippen LogP) is 4.82. The number of nitrogens with zero attached hydrogens (tertiary/aromatic N) is 3. The minimum atomic E-state index is -0.411. The van der Waals surface area contributed by atoms with Gasteiger partial charge < -0.3 is 5.32 Å². The van der Waals surface area contributed by atoms with Crippen LogP contribution in [0.15, 0.2) is 65.0 Å². The Morgan fingerprint density at radius 3 is 2.30 bits per heavy atom. The van der Waals surface area contributed by atoms with Crippen LogP contribution in [-0.4, -0.2) is 50.9 Å². The van der Waals surface area contributed by atoms with Gasteiger partial charge in [0.05, 0.1) is 5.75 Å². The van der Waals surface area contributed by atoms with Gasteiger partial charge in [-0.1, -0.05) is 47.4 Å². The molecule has 5 rings (SSSR count). The average molecular weight is 535 g/mol. The molecule has 2 heterocycles. The molecule has 1 aliphatic heterocycles. The fourth-order valence-electron chi connectivity index (χ4n) is 4.03. The minimum Gasteiger partial charge on any atom is -0.301 e. The summed E-state index contributed by atoms with van der Waals surface area (Å²) in [5.74, 6) is -1.54. The van der Waals surface area contributed by atoms with Crippen LogP contribution < -0.4 is 5.32 Å². The van der Waals surface area contributed by atoms with E-state index in [-0.39, 0.29) is 53.8 Å². The lowest BCUT2D eigenvalue weighted by Crippen LogP contribution is -2.41. The molecule has 0 fully saturated rings. The third kappa shape index (κ3) is 5.27. The summed E-state index contributed by atoms with van der Waals surface area (Å²) in [6.07, 6.45) is 0.363. The quantitative estimate of drug-likeness (QED) is 0.142. The Labute approximate surface area is 218 Å². The number of carbonyl (C=O) groups excluding carboxylic acids is 4. The Balaban J connectivity index is 1.12. The standard InChI is InChI=1S/C26H19FN4O4S2/c27-17-11-9-15(10-12-17)20(32)14-36-26-30-29-25(37-26)28-21(33)8-3-13-31-23(34)18-6-1-4-16-5-2-7-19(22(16)18)24(31)35/h1-2,4-7,9-12H,3,8,13-14H2,(H,28,29,33). The van der Waals surface area contributed by atoms with E-state index in [1.807, 2.05) is 12.1 Å². The van der Waals surface area contributed by atoms with Crippen molar-refractivity contribution in [1.29, 1.82) is 0 Å². The number of hydrogen-bond acceptors (Lipinski definition) is 8. The highest BCUT2D eigenvalue weighted by Gasteiger charge is 2.32. The summed E-state index contributed by atoms with van der Waals surface area (Å²) in [6.45, 7) is 0.110. The summed E-state index contributed by atoms with van der Waals surface area (Å²) in [4.78, 5) is 51.7. The van der Waals surface area contributed by atoms with Gasteiger partial charge in [-0.05, 0) is 48.2 Å². The molecule has 186 valence electrons. The number of carbonyl (C=O) groups is 4. The van der Waals surface area contributed by atoms with Crippen molar-refractivity contribution in [2.24, 2.45) is 0 Å². The Morgan fingerprint density at radius 2 is 1.62 bits per heavy atom. The molecule has 0 aliphatic carbocycles. The number of ketones is 1. The van der Waals surface area contributed by atoms with Crippen LogP contribution in [0.4, 0.5) is 9.52 Å². The van der Waals surface area contributed by atoms with Crippen LogP contribution in [0.2, 0.25) is 0 Å². The van der Waals surface area contributed by atoms with Gasteiger partial charge in [0.2, 0.25) is 11.0 Å². The third-order valence-electron chi connectivity index (χ3n) is 5.79. The largest absolute Gasteiger partial charge is 0.301 e. The zero-order valence-corrected chi connectivity index (χ0v) is 20.9. The molecular formula is C26H19FN4O4S2. The normalized spacial score (nSPS) is 12.7. The zero-order valence-electron chi connectivity index (χ0n) is 19.3. The molecule has 3 aromatic carbocycles. The third-order valence-corrected chi connectivity index (χ3v) is 7.76. The summed E-state index contributed by atoms with van der Waals surface area (Å²) >= 11 is 2.30. The molecule has 8 nitrogen and oxygen atoms in total. The lowest BCUT2D eigenvalue weighted by Gasteiger charge is -2.27. The van der Waals surface area contributed by atoms with Gasteiger partial charge in [0.25, 0.3) is 11.8 Å². The number of halogens is 1. The van der Waals surface area contributed by atoms with E-state index in [0.29, 0.717) is 26.4 Å². The highest BCUT2D eigenvalue weighted by atomic mass is 32.2. The molecule has 0 bridgehead atoms. The SMILES string of the molecule is O=C(CCCN1C(=O)c2cccc3cccc(c23)C1=O)Nc1nnc(SCC(=O)c2ccc(F)cc2)s1. The highest BCUT2D eigenvalue weighted by molar-refractivity contribution is 8.01. The summed E-state index contributed by atoms with van der Waals surface area (Å²) < 4.78 is 13.5. The topological polar surface area (TPSA) is 109 Å². The van der Waals surface area contributed by atoms with E-state index in [1.54, 1.807) is 24.3 Å². The number of anilines is 1. The second kappa shape index (κ2) is 10.6. The number of nitrogens with one attached hydrogen (secondary N) is 1. The van der Waals surface area contributed by atoms with E-state index >= 15 is 0 Å². The molecule has 3 amide bonds. The first-order chi connectivity index (χ1) is 17.9. The van der Waals surface area contributed by atoms with Gasteiger partial charge in [0, 0.05) is 35.0 Å². The van der Waals surface area contributed by atoms with Crippen molar-refractivity contribution in [2.75, 3.05) is 17.6 Å². The summed E-state index contributed by atoms with van der Waals surface area (Å²) in [6, 6.07) is 16.0. The van der Waals surface area contributed by atoms with E-state index in [9.17, 15) is 23.6 Å².